The van der Waals surface area contributed by atoms with E-state index in [1.165, 1.54) is 24.4 Å². The Labute approximate surface area is 182 Å². The molecule has 0 spiro atoms. The van der Waals surface area contributed by atoms with Gasteiger partial charge in [0.15, 0.2) is 0 Å². The van der Waals surface area contributed by atoms with E-state index >= 15 is 0 Å². The number of alkyl halides is 3. The van der Waals surface area contributed by atoms with Crippen LogP contribution in [0.1, 0.15) is 24.1 Å². The van der Waals surface area contributed by atoms with Crippen LogP contribution in [0.5, 0.6) is 0 Å². The zero-order valence-electron chi connectivity index (χ0n) is 17.0. The van der Waals surface area contributed by atoms with Gasteiger partial charge in [-0.1, -0.05) is 18.2 Å². The van der Waals surface area contributed by atoms with Crippen LogP contribution in [-0.4, -0.2) is 40.2 Å². The summed E-state index contributed by atoms with van der Waals surface area (Å²) in [7, 11) is 0. The van der Waals surface area contributed by atoms with Crippen molar-refractivity contribution in [3.63, 3.8) is 0 Å². The Morgan fingerprint density at radius 3 is 2.66 bits per heavy atom. The van der Waals surface area contributed by atoms with Crippen molar-refractivity contribution < 1.29 is 23.1 Å². The van der Waals surface area contributed by atoms with Crippen LogP contribution in [0.25, 0.3) is 17.0 Å². The first-order valence-electron chi connectivity index (χ1n) is 10.1. The van der Waals surface area contributed by atoms with Gasteiger partial charge in [-0.25, -0.2) is 4.98 Å². The number of hydrogen-bond acceptors (Lipinski definition) is 5. The largest absolute Gasteiger partial charge is 0.433 e. The molecule has 1 aromatic carbocycles. The lowest BCUT2D eigenvalue weighted by atomic mass is 10.1. The lowest BCUT2D eigenvalue weighted by molar-refractivity contribution is -0.141. The van der Waals surface area contributed by atoms with Gasteiger partial charge in [-0.3, -0.25) is 9.78 Å². The number of nitrogens with zero attached hydrogens (tertiary/aromatic N) is 3. The van der Waals surface area contributed by atoms with E-state index in [0.717, 1.165) is 17.0 Å². The summed E-state index contributed by atoms with van der Waals surface area (Å²) in [6.45, 7) is 0.760. The molecule has 0 unspecified atom stereocenters. The number of para-hydroxylation sites is 1. The molecule has 1 amide bonds. The molecular weight excluding hydrogens is 421 g/mol. The molecule has 0 radical (unpaired) electrons. The minimum absolute atomic E-state index is 0.142. The third kappa shape index (κ3) is 5.05. The first-order valence-corrected chi connectivity index (χ1v) is 10.1. The number of carbonyl (C=O) groups is 1. The number of rotatable bonds is 4. The summed E-state index contributed by atoms with van der Waals surface area (Å²) in [5.74, 6) is -0.301. The molecule has 0 bridgehead atoms. The minimum Gasteiger partial charge on any atom is -0.393 e. The molecule has 1 saturated heterocycles. The number of benzene rings is 1. The van der Waals surface area contributed by atoms with E-state index in [1.807, 2.05) is 24.3 Å². The molecule has 1 aliphatic rings. The number of halogens is 3. The number of hydrogen-bond donors (Lipinski definition) is 2. The molecule has 3 aromatic rings. The number of fused-ring (bicyclic) bond motifs is 1. The lowest BCUT2D eigenvalue weighted by Gasteiger charge is -2.31. The van der Waals surface area contributed by atoms with Crippen LogP contribution in [0, 0.1) is 0 Å². The van der Waals surface area contributed by atoms with E-state index in [1.54, 1.807) is 11.0 Å². The van der Waals surface area contributed by atoms with E-state index in [4.69, 9.17) is 0 Å². The molecule has 2 N–H and O–H groups in total. The molecule has 166 valence electrons. The van der Waals surface area contributed by atoms with Crippen molar-refractivity contribution in [1.29, 1.82) is 0 Å². The highest BCUT2D eigenvalue weighted by atomic mass is 19.4. The fourth-order valence-electron chi connectivity index (χ4n) is 3.57. The van der Waals surface area contributed by atoms with E-state index in [9.17, 15) is 23.1 Å². The van der Waals surface area contributed by atoms with E-state index in [2.05, 4.69) is 15.3 Å². The third-order valence-corrected chi connectivity index (χ3v) is 5.23. The summed E-state index contributed by atoms with van der Waals surface area (Å²) in [6.07, 6.45) is 0.0642. The monoisotopic (exact) mass is 442 g/mol. The van der Waals surface area contributed by atoms with Gasteiger partial charge in [0.1, 0.15) is 11.5 Å². The van der Waals surface area contributed by atoms with Crippen LogP contribution in [0.3, 0.4) is 0 Å². The second kappa shape index (κ2) is 8.96. The lowest BCUT2D eigenvalue weighted by Crippen LogP contribution is -2.37. The van der Waals surface area contributed by atoms with Gasteiger partial charge in [-0.15, -0.1) is 0 Å². The maximum atomic E-state index is 13.2. The predicted molar refractivity (Wildman–Crippen MR) is 116 cm³/mol. The van der Waals surface area contributed by atoms with Gasteiger partial charge in [0, 0.05) is 30.1 Å². The summed E-state index contributed by atoms with van der Waals surface area (Å²) in [4.78, 5) is 22.2. The number of amides is 1. The summed E-state index contributed by atoms with van der Waals surface area (Å²) in [5, 5.41) is 13.3. The van der Waals surface area contributed by atoms with Crippen molar-refractivity contribution in [3.05, 3.63) is 66.0 Å². The van der Waals surface area contributed by atoms with Gasteiger partial charge >= 0.3 is 6.18 Å². The summed E-state index contributed by atoms with van der Waals surface area (Å²) < 4.78 is 39.6. The zero-order chi connectivity index (χ0) is 22.7. The van der Waals surface area contributed by atoms with Gasteiger partial charge in [0.25, 0.3) is 0 Å². The predicted octanol–water partition coefficient (Wildman–Crippen LogP) is 4.26. The van der Waals surface area contributed by atoms with Crippen LogP contribution in [0.4, 0.5) is 24.7 Å². The van der Waals surface area contributed by atoms with Gasteiger partial charge in [-0.2, -0.15) is 13.2 Å². The molecule has 2 aromatic heterocycles. The van der Waals surface area contributed by atoms with Crippen molar-refractivity contribution in [1.82, 2.24) is 9.97 Å². The molecule has 3 heterocycles. The maximum absolute atomic E-state index is 13.2. The molecule has 4 rings (SSSR count). The normalized spacial score (nSPS) is 15.4. The maximum Gasteiger partial charge on any atom is 0.433 e. The van der Waals surface area contributed by atoms with Crippen molar-refractivity contribution in [3.8, 4) is 0 Å². The standard InChI is InChI=1S/C23H21F3N4O2/c24-23(25,26)20-7-5-15(22(29-20)30-11-9-18(31)10-12-30)6-8-21(32)28-17-13-16-3-1-2-4-19(16)27-14-17/h1-8,13-14,18,31H,9-12H2,(H,28,32)/b8-6+. The number of pyridine rings is 2. The molecule has 1 fully saturated rings. The van der Waals surface area contributed by atoms with Gasteiger partial charge in [0.05, 0.1) is 23.5 Å². The molecule has 9 heteroatoms. The smallest absolute Gasteiger partial charge is 0.393 e. The van der Waals surface area contributed by atoms with Crippen molar-refractivity contribution in [2.75, 3.05) is 23.3 Å². The second-order valence-electron chi connectivity index (χ2n) is 7.56. The Balaban J connectivity index is 1.55. The molecule has 0 aliphatic carbocycles. The highest BCUT2D eigenvalue weighted by Crippen LogP contribution is 2.32. The topological polar surface area (TPSA) is 78.4 Å². The zero-order valence-corrected chi connectivity index (χ0v) is 17.0. The molecular formula is C23H21F3N4O2. The average molecular weight is 442 g/mol. The van der Waals surface area contributed by atoms with Crippen molar-refractivity contribution in [2.45, 2.75) is 25.1 Å². The Morgan fingerprint density at radius 2 is 1.91 bits per heavy atom. The third-order valence-electron chi connectivity index (χ3n) is 5.23. The van der Waals surface area contributed by atoms with Gasteiger partial charge < -0.3 is 15.3 Å². The molecule has 0 atom stereocenters. The van der Waals surface area contributed by atoms with Gasteiger partial charge in [0.2, 0.25) is 5.91 Å². The van der Waals surface area contributed by atoms with Crippen LogP contribution in [0.15, 0.2) is 54.7 Å². The molecule has 0 saturated carbocycles. The Kier molecular flexibility index (Phi) is 6.09. The van der Waals surface area contributed by atoms with Crippen LogP contribution in [0.2, 0.25) is 0 Å². The fourth-order valence-corrected chi connectivity index (χ4v) is 3.57. The highest BCUT2D eigenvalue weighted by Gasteiger charge is 2.33. The summed E-state index contributed by atoms with van der Waals surface area (Å²) >= 11 is 0. The minimum atomic E-state index is -4.58. The summed E-state index contributed by atoms with van der Waals surface area (Å²) in [6, 6.07) is 11.5. The van der Waals surface area contributed by atoms with Crippen LogP contribution in [-0.2, 0) is 11.0 Å². The second-order valence-corrected chi connectivity index (χ2v) is 7.56. The van der Waals surface area contributed by atoms with E-state index in [-0.39, 0.29) is 5.82 Å². The Morgan fingerprint density at radius 1 is 1.16 bits per heavy atom. The van der Waals surface area contributed by atoms with Crippen LogP contribution >= 0.6 is 0 Å². The van der Waals surface area contributed by atoms with Crippen molar-refractivity contribution >= 4 is 34.4 Å². The quantitative estimate of drug-likeness (QED) is 0.591. The molecule has 32 heavy (non-hydrogen) atoms. The average Bonchev–Trinajstić information content (AvgIpc) is 2.77. The molecule has 6 nitrogen and oxygen atoms in total. The number of aromatic nitrogens is 2. The number of aliphatic hydroxyl groups excluding tert-OH is 1. The first kappa shape index (κ1) is 21.8. The summed E-state index contributed by atoms with van der Waals surface area (Å²) in [5.41, 5.74) is 0.700. The number of anilines is 2. The number of carbonyl (C=O) groups excluding carboxylic acids is 1. The number of piperidine rings is 1. The highest BCUT2D eigenvalue weighted by molar-refractivity contribution is 6.03. The van der Waals surface area contributed by atoms with Crippen molar-refractivity contribution in [2.24, 2.45) is 0 Å². The SMILES string of the molecule is O=C(/C=C/c1ccc(C(F)(F)F)nc1N1CCC(O)CC1)Nc1cnc2ccccc2c1. The van der Waals surface area contributed by atoms with Gasteiger partial charge in [-0.05, 0) is 43.2 Å². The van der Waals surface area contributed by atoms with E-state index < -0.39 is 23.9 Å². The Hall–Kier alpha value is -3.46. The van der Waals surface area contributed by atoms with Crippen LogP contribution < -0.4 is 10.2 Å². The Bertz CT molecular complexity index is 1160. The fraction of sp³-hybridized carbons (Fsp3) is 0.261. The first-order chi connectivity index (χ1) is 15.3. The number of nitrogens with one attached hydrogen (secondary N) is 1. The van der Waals surface area contributed by atoms with E-state index in [0.29, 0.717) is 37.2 Å². The molecule has 1 aliphatic heterocycles. The number of aliphatic hydroxyl groups is 1.